The topological polar surface area (TPSA) is 69.6 Å². The smallest absolute Gasteiger partial charge is 0.224 e. The molecular weight excluding hydrogens is 437 g/mol. The van der Waals surface area contributed by atoms with Crippen LogP contribution in [0.4, 0.5) is 0 Å². The standard InChI is InChI=1S/C16H27N5OS.HI/c1-4-17-16(19-11-14-12(2)20-13(3)23-14)18-8-7-15(22)21-9-5-6-10-21;/h4-11H2,1-3H3,(H2,17,18,19);1H. The summed E-state index contributed by atoms with van der Waals surface area (Å²) in [6.45, 7) is 9.92. The first-order valence-corrected chi connectivity index (χ1v) is 9.14. The van der Waals surface area contributed by atoms with E-state index in [0.29, 0.717) is 19.5 Å². The van der Waals surface area contributed by atoms with Crippen molar-refractivity contribution in [3.05, 3.63) is 15.6 Å². The molecule has 2 rings (SSSR count). The summed E-state index contributed by atoms with van der Waals surface area (Å²) in [4.78, 5) is 24.2. The predicted octanol–water partition coefficient (Wildman–Crippen LogP) is 2.45. The van der Waals surface area contributed by atoms with Gasteiger partial charge in [0.1, 0.15) is 0 Å². The fourth-order valence-corrected chi connectivity index (χ4v) is 3.49. The Hall–Kier alpha value is -0.900. The minimum Gasteiger partial charge on any atom is -0.357 e. The van der Waals surface area contributed by atoms with Crippen LogP contribution in [0.1, 0.15) is 41.8 Å². The minimum absolute atomic E-state index is 0. The number of nitrogens with zero attached hydrogens (tertiary/aromatic N) is 3. The van der Waals surface area contributed by atoms with Crippen LogP contribution in [0.5, 0.6) is 0 Å². The van der Waals surface area contributed by atoms with E-state index in [1.165, 1.54) is 4.88 Å². The van der Waals surface area contributed by atoms with Gasteiger partial charge in [-0.05, 0) is 33.6 Å². The van der Waals surface area contributed by atoms with Gasteiger partial charge < -0.3 is 15.5 Å². The van der Waals surface area contributed by atoms with Crippen molar-refractivity contribution in [3.8, 4) is 0 Å². The van der Waals surface area contributed by atoms with Crippen LogP contribution in [0.2, 0.25) is 0 Å². The van der Waals surface area contributed by atoms with Crippen LogP contribution in [0.15, 0.2) is 4.99 Å². The molecule has 8 heteroatoms. The van der Waals surface area contributed by atoms with Crippen LogP contribution in [-0.4, -0.2) is 47.9 Å². The van der Waals surface area contributed by atoms with Crippen LogP contribution in [0, 0.1) is 13.8 Å². The summed E-state index contributed by atoms with van der Waals surface area (Å²) >= 11 is 1.69. The second kappa shape index (κ2) is 10.9. The molecule has 1 aliphatic heterocycles. The average molecular weight is 465 g/mol. The first kappa shape index (κ1) is 21.1. The van der Waals surface area contributed by atoms with Gasteiger partial charge in [-0.1, -0.05) is 0 Å². The van der Waals surface area contributed by atoms with Gasteiger partial charge in [-0.25, -0.2) is 9.98 Å². The third-order valence-corrected chi connectivity index (χ3v) is 4.87. The molecular formula is C16H28IN5OS. The molecule has 1 aliphatic rings. The van der Waals surface area contributed by atoms with Crippen LogP contribution in [-0.2, 0) is 11.3 Å². The van der Waals surface area contributed by atoms with E-state index < -0.39 is 0 Å². The maximum Gasteiger partial charge on any atom is 0.224 e. The van der Waals surface area contributed by atoms with Gasteiger partial charge in [0.2, 0.25) is 5.91 Å². The lowest BCUT2D eigenvalue weighted by molar-refractivity contribution is -0.129. The molecule has 0 radical (unpaired) electrons. The molecule has 136 valence electrons. The summed E-state index contributed by atoms with van der Waals surface area (Å²) in [5.74, 6) is 0.993. The van der Waals surface area contributed by atoms with Crippen molar-refractivity contribution in [1.29, 1.82) is 0 Å². The number of guanidine groups is 1. The van der Waals surface area contributed by atoms with Crippen molar-refractivity contribution in [2.45, 2.75) is 46.6 Å². The number of hydrogen-bond acceptors (Lipinski definition) is 4. The summed E-state index contributed by atoms with van der Waals surface area (Å²) in [5.41, 5.74) is 1.05. The number of halogens is 1. The number of aryl methyl sites for hydroxylation is 2. The number of carbonyl (C=O) groups excluding carboxylic acids is 1. The van der Waals surface area contributed by atoms with Crippen molar-refractivity contribution < 1.29 is 4.79 Å². The first-order valence-electron chi connectivity index (χ1n) is 8.33. The lowest BCUT2D eigenvalue weighted by atomic mass is 10.3. The lowest BCUT2D eigenvalue weighted by Gasteiger charge is -2.16. The van der Waals surface area contributed by atoms with Gasteiger partial charge in [0.15, 0.2) is 5.96 Å². The van der Waals surface area contributed by atoms with Gasteiger partial charge >= 0.3 is 0 Å². The van der Waals surface area contributed by atoms with Gasteiger partial charge in [-0.2, -0.15) is 0 Å². The molecule has 6 nitrogen and oxygen atoms in total. The van der Waals surface area contributed by atoms with E-state index in [9.17, 15) is 4.79 Å². The summed E-state index contributed by atoms with van der Waals surface area (Å²) in [6.07, 6.45) is 2.79. The number of hydrogen-bond donors (Lipinski definition) is 2. The van der Waals surface area contributed by atoms with Crippen molar-refractivity contribution in [2.75, 3.05) is 26.2 Å². The normalized spacial score (nSPS) is 14.5. The van der Waals surface area contributed by atoms with E-state index in [-0.39, 0.29) is 29.9 Å². The fraction of sp³-hybridized carbons (Fsp3) is 0.688. The van der Waals surface area contributed by atoms with Gasteiger partial charge in [-0.3, -0.25) is 4.79 Å². The zero-order valence-corrected chi connectivity index (χ0v) is 17.9. The number of thiazole rings is 1. The van der Waals surface area contributed by atoms with Gasteiger partial charge in [0, 0.05) is 37.5 Å². The molecule has 1 aromatic heterocycles. The Morgan fingerprint density at radius 1 is 1.29 bits per heavy atom. The van der Waals surface area contributed by atoms with E-state index in [1.807, 2.05) is 25.7 Å². The van der Waals surface area contributed by atoms with E-state index >= 15 is 0 Å². The maximum atomic E-state index is 12.0. The Bertz CT molecular complexity index is 555. The molecule has 0 unspecified atom stereocenters. The minimum atomic E-state index is 0. The quantitative estimate of drug-likeness (QED) is 0.385. The van der Waals surface area contributed by atoms with Gasteiger partial charge in [0.25, 0.3) is 0 Å². The SMILES string of the molecule is CCNC(=NCc1sc(C)nc1C)NCCC(=O)N1CCCC1.I. The Balaban J connectivity index is 0.00000288. The van der Waals surface area contributed by atoms with Gasteiger partial charge in [0.05, 0.1) is 17.2 Å². The van der Waals surface area contributed by atoms with E-state index in [2.05, 4.69) is 20.6 Å². The molecule has 1 fully saturated rings. The lowest BCUT2D eigenvalue weighted by Crippen LogP contribution is -2.39. The average Bonchev–Trinajstić information content (AvgIpc) is 3.14. The molecule has 0 atom stereocenters. The van der Waals surface area contributed by atoms with Crippen LogP contribution in [0.25, 0.3) is 0 Å². The first-order chi connectivity index (χ1) is 11.1. The Morgan fingerprint density at radius 2 is 2.00 bits per heavy atom. The largest absolute Gasteiger partial charge is 0.357 e. The molecule has 1 aromatic rings. The highest BCUT2D eigenvalue weighted by atomic mass is 127. The third kappa shape index (κ3) is 6.54. The number of aromatic nitrogens is 1. The number of amides is 1. The third-order valence-electron chi connectivity index (χ3n) is 3.81. The van der Waals surface area contributed by atoms with Crippen LogP contribution in [0.3, 0.4) is 0 Å². The monoisotopic (exact) mass is 465 g/mol. The number of likely N-dealkylation sites (tertiary alicyclic amines) is 1. The van der Waals surface area contributed by atoms with Gasteiger partial charge in [-0.15, -0.1) is 35.3 Å². The number of nitrogens with one attached hydrogen (secondary N) is 2. The molecule has 0 bridgehead atoms. The molecule has 1 amide bonds. The molecule has 2 heterocycles. The zero-order chi connectivity index (χ0) is 16.7. The highest BCUT2D eigenvalue weighted by molar-refractivity contribution is 14.0. The van der Waals surface area contributed by atoms with E-state index in [0.717, 1.165) is 49.1 Å². The molecule has 2 N–H and O–H groups in total. The molecule has 0 aromatic carbocycles. The second-order valence-electron chi connectivity index (χ2n) is 5.70. The predicted molar refractivity (Wildman–Crippen MR) is 110 cm³/mol. The summed E-state index contributed by atoms with van der Waals surface area (Å²) < 4.78 is 0. The summed E-state index contributed by atoms with van der Waals surface area (Å²) in [5, 5.41) is 7.54. The summed E-state index contributed by atoms with van der Waals surface area (Å²) in [6, 6.07) is 0. The van der Waals surface area contributed by atoms with E-state index in [1.54, 1.807) is 11.3 Å². The Kier molecular flexibility index (Phi) is 9.57. The van der Waals surface area contributed by atoms with Crippen molar-refractivity contribution in [1.82, 2.24) is 20.5 Å². The van der Waals surface area contributed by atoms with Crippen LogP contribution >= 0.6 is 35.3 Å². The Labute approximate surface area is 165 Å². The van der Waals surface area contributed by atoms with Crippen LogP contribution < -0.4 is 10.6 Å². The van der Waals surface area contributed by atoms with Crippen molar-refractivity contribution in [3.63, 3.8) is 0 Å². The number of rotatable bonds is 6. The fourth-order valence-electron chi connectivity index (χ4n) is 2.63. The van der Waals surface area contributed by atoms with E-state index in [4.69, 9.17) is 0 Å². The number of aliphatic imine (C=N–C) groups is 1. The maximum absolute atomic E-state index is 12.0. The highest BCUT2D eigenvalue weighted by Crippen LogP contribution is 2.17. The molecule has 1 saturated heterocycles. The van der Waals surface area contributed by atoms with Crippen molar-refractivity contribution in [2.24, 2.45) is 4.99 Å². The molecule has 0 saturated carbocycles. The Morgan fingerprint density at radius 3 is 2.58 bits per heavy atom. The highest BCUT2D eigenvalue weighted by Gasteiger charge is 2.17. The van der Waals surface area contributed by atoms with Crippen molar-refractivity contribution >= 4 is 47.2 Å². The summed E-state index contributed by atoms with van der Waals surface area (Å²) in [7, 11) is 0. The molecule has 24 heavy (non-hydrogen) atoms. The molecule has 0 aliphatic carbocycles. The number of carbonyl (C=O) groups is 1. The molecule has 0 spiro atoms. The second-order valence-corrected chi connectivity index (χ2v) is 6.99. The zero-order valence-electron chi connectivity index (χ0n) is 14.7.